The van der Waals surface area contributed by atoms with E-state index in [9.17, 15) is 14.0 Å². The highest BCUT2D eigenvalue weighted by molar-refractivity contribution is 6.45. The number of hydrogen-bond acceptors (Lipinski definition) is 5. The number of imide groups is 1. The largest absolute Gasteiger partial charge is 0.493 e. The zero-order valence-corrected chi connectivity index (χ0v) is 17.0. The summed E-state index contributed by atoms with van der Waals surface area (Å²) in [6.45, 7) is 1.39. The molecule has 0 spiro atoms. The summed E-state index contributed by atoms with van der Waals surface area (Å²) in [6.07, 6.45) is 2.99. The molecule has 0 radical (unpaired) electrons. The molecule has 0 saturated carbocycles. The summed E-state index contributed by atoms with van der Waals surface area (Å²) in [5, 5.41) is 0. The van der Waals surface area contributed by atoms with Crippen molar-refractivity contribution in [3.8, 4) is 11.5 Å². The van der Waals surface area contributed by atoms with Gasteiger partial charge in [0.15, 0.2) is 11.5 Å². The predicted molar refractivity (Wildman–Crippen MR) is 111 cm³/mol. The summed E-state index contributed by atoms with van der Waals surface area (Å²) in [5.41, 5.74) is 1.43. The fourth-order valence-corrected chi connectivity index (χ4v) is 4.03. The smallest absolute Gasteiger partial charge is 0.282 e. The van der Waals surface area contributed by atoms with E-state index in [1.54, 1.807) is 24.3 Å². The van der Waals surface area contributed by atoms with Crippen LogP contribution in [0.15, 0.2) is 48.2 Å². The van der Waals surface area contributed by atoms with E-state index in [1.165, 1.54) is 32.4 Å². The van der Waals surface area contributed by atoms with Gasteiger partial charge in [0.25, 0.3) is 11.8 Å². The summed E-state index contributed by atoms with van der Waals surface area (Å²) in [7, 11) is 3.05. The molecule has 7 heteroatoms. The molecule has 2 aliphatic heterocycles. The molecule has 6 nitrogen and oxygen atoms in total. The molecular weight excluding hydrogens is 387 g/mol. The van der Waals surface area contributed by atoms with Crippen molar-refractivity contribution >= 4 is 23.1 Å². The third-order valence-electron chi connectivity index (χ3n) is 5.47. The van der Waals surface area contributed by atoms with Crippen LogP contribution in [0.4, 0.5) is 10.1 Å². The third-order valence-corrected chi connectivity index (χ3v) is 5.47. The van der Waals surface area contributed by atoms with Crippen LogP contribution in [0.2, 0.25) is 0 Å². The van der Waals surface area contributed by atoms with Gasteiger partial charge in [-0.05, 0) is 55.2 Å². The number of anilines is 1. The molecule has 0 bridgehead atoms. The maximum absolute atomic E-state index is 13.8. The van der Waals surface area contributed by atoms with Crippen molar-refractivity contribution in [1.82, 2.24) is 4.90 Å². The van der Waals surface area contributed by atoms with Gasteiger partial charge in [-0.15, -0.1) is 0 Å². The minimum absolute atomic E-state index is 0.218. The van der Waals surface area contributed by atoms with Gasteiger partial charge in [0, 0.05) is 13.1 Å². The topological polar surface area (TPSA) is 59.1 Å². The van der Waals surface area contributed by atoms with Crippen molar-refractivity contribution in [3.05, 3.63) is 59.5 Å². The third kappa shape index (κ3) is 3.40. The van der Waals surface area contributed by atoms with Crippen molar-refractivity contribution in [1.29, 1.82) is 0 Å². The first-order chi connectivity index (χ1) is 14.5. The van der Waals surface area contributed by atoms with E-state index < -0.39 is 17.6 Å². The lowest BCUT2D eigenvalue weighted by atomic mass is 10.0. The van der Waals surface area contributed by atoms with E-state index in [1.807, 2.05) is 4.90 Å². The first-order valence-electron chi connectivity index (χ1n) is 9.91. The van der Waals surface area contributed by atoms with Gasteiger partial charge in [-0.1, -0.05) is 12.1 Å². The number of ether oxygens (including phenoxy) is 2. The summed E-state index contributed by atoms with van der Waals surface area (Å²) >= 11 is 0. The van der Waals surface area contributed by atoms with Crippen LogP contribution in [0.3, 0.4) is 0 Å². The van der Waals surface area contributed by atoms with Gasteiger partial charge >= 0.3 is 0 Å². The second-order valence-electron chi connectivity index (χ2n) is 7.27. The molecule has 0 atom stereocenters. The minimum Gasteiger partial charge on any atom is -0.493 e. The Morgan fingerprint density at radius 2 is 1.60 bits per heavy atom. The van der Waals surface area contributed by atoms with Gasteiger partial charge in [-0.25, -0.2) is 9.29 Å². The van der Waals surface area contributed by atoms with Crippen molar-refractivity contribution in [2.24, 2.45) is 0 Å². The number of carbonyl (C=O) groups excluding carboxylic acids is 2. The maximum atomic E-state index is 13.8. The molecule has 2 aromatic carbocycles. The molecule has 2 aliphatic rings. The molecule has 4 rings (SSSR count). The van der Waals surface area contributed by atoms with Gasteiger partial charge in [0.1, 0.15) is 11.5 Å². The number of carbonyl (C=O) groups is 2. The molecule has 0 aliphatic carbocycles. The van der Waals surface area contributed by atoms with Crippen molar-refractivity contribution in [3.63, 3.8) is 0 Å². The fraction of sp³-hybridized carbons (Fsp3) is 0.304. The van der Waals surface area contributed by atoms with Crippen molar-refractivity contribution < 1.29 is 23.5 Å². The number of methoxy groups -OCH3 is 2. The summed E-state index contributed by atoms with van der Waals surface area (Å²) in [5.74, 6) is -0.423. The number of likely N-dealkylation sites (tertiary alicyclic amines) is 1. The Labute approximate surface area is 174 Å². The van der Waals surface area contributed by atoms with Crippen molar-refractivity contribution in [2.45, 2.75) is 19.3 Å². The van der Waals surface area contributed by atoms with E-state index in [0.717, 1.165) is 24.2 Å². The van der Waals surface area contributed by atoms with Crippen LogP contribution in [0.5, 0.6) is 11.5 Å². The molecule has 1 fully saturated rings. The van der Waals surface area contributed by atoms with Gasteiger partial charge < -0.3 is 14.4 Å². The molecule has 30 heavy (non-hydrogen) atoms. The highest BCUT2D eigenvalue weighted by atomic mass is 19.1. The first-order valence-corrected chi connectivity index (χ1v) is 9.91. The van der Waals surface area contributed by atoms with Crippen LogP contribution >= 0.6 is 0 Å². The molecular formula is C23H23FN2O4. The van der Waals surface area contributed by atoms with Crippen LogP contribution < -0.4 is 14.4 Å². The number of hydrogen-bond donors (Lipinski definition) is 0. The van der Waals surface area contributed by atoms with Crippen LogP contribution in [-0.2, 0) is 9.59 Å². The average Bonchev–Trinajstić information content (AvgIpc) is 3.03. The van der Waals surface area contributed by atoms with E-state index in [0.29, 0.717) is 41.4 Å². The molecule has 156 valence electrons. The molecule has 1 saturated heterocycles. The second-order valence-corrected chi connectivity index (χ2v) is 7.27. The molecule has 2 heterocycles. The summed E-state index contributed by atoms with van der Waals surface area (Å²) in [6, 6.07) is 10.7. The second kappa shape index (κ2) is 8.18. The van der Waals surface area contributed by atoms with Gasteiger partial charge in [0.2, 0.25) is 0 Å². The van der Waals surface area contributed by atoms with Crippen LogP contribution in [0.1, 0.15) is 24.8 Å². The van der Waals surface area contributed by atoms with Gasteiger partial charge in [0.05, 0.1) is 25.5 Å². The van der Waals surface area contributed by atoms with E-state index in [2.05, 4.69) is 0 Å². The molecule has 0 N–H and O–H groups in total. The highest BCUT2D eigenvalue weighted by Gasteiger charge is 2.43. The monoisotopic (exact) mass is 410 g/mol. The Hall–Kier alpha value is -3.35. The fourth-order valence-electron chi connectivity index (χ4n) is 4.03. The Bertz CT molecular complexity index is 1030. The Morgan fingerprint density at radius 3 is 2.27 bits per heavy atom. The maximum Gasteiger partial charge on any atom is 0.282 e. The standard InChI is InChI=1S/C23H23FN2O4/c1-29-18-10-9-15(13-19(18)30-2)20-21(25-11-4-3-5-12-25)23(28)26(22(20)27)17-8-6-7-16(24)14-17/h6-10,13-14H,3-5,11-12H2,1-2H3. The van der Waals surface area contributed by atoms with E-state index >= 15 is 0 Å². The Morgan fingerprint density at radius 1 is 0.867 bits per heavy atom. The average molecular weight is 410 g/mol. The summed E-state index contributed by atoms with van der Waals surface area (Å²) in [4.78, 5) is 29.9. The lowest BCUT2D eigenvalue weighted by molar-refractivity contribution is -0.120. The first kappa shape index (κ1) is 19.9. The molecule has 0 aromatic heterocycles. The Kier molecular flexibility index (Phi) is 5.44. The van der Waals surface area contributed by atoms with Crippen LogP contribution in [0.25, 0.3) is 5.57 Å². The zero-order chi connectivity index (χ0) is 21.3. The lowest BCUT2D eigenvalue weighted by Gasteiger charge is -2.29. The van der Waals surface area contributed by atoms with Crippen LogP contribution in [-0.4, -0.2) is 44.0 Å². The van der Waals surface area contributed by atoms with Gasteiger partial charge in [-0.3, -0.25) is 9.59 Å². The number of halogens is 1. The van der Waals surface area contributed by atoms with E-state index in [4.69, 9.17) is 9.47 Å². The number of piperidine rings is 1. The van der Waals surface area contributed by atoms with E-state index in [-0.39, 0.29) is 5.69 Å². The predicted octanol–water partition coefficient (Wildman–Crippen LogP) is 3.61. The number of benzene rings is 2. The highest BCUT2D eigenvalue weighted by Crippen LogP contribution is 2.38. The zero-order valence-electron chi connectivity index (χ0n) is 17.0. The molecule has 2 amide bonds. The van der Waals surface area contributed by atoms with Crippen molar-refractivity contribution in [2.75, 3.05) is 32.2 Å². The lowest BCUT2D eigenvalue weighted by Crippen LogP contribution is -2.37. The normalized spacial score (nSPS) is 17.0. The number of nitrogens with zero attached hydrogens (tertiary/aromatic N) is 2. The quantitative estimate of drug-likeness (QED) is 0.705. The number of rotatable bonds is 5. The van der Waals surface area contributed by atoms with Gasteiger partial charge in [-0.2, -0.15) is 0 Å². The minimum atomic E-state index is -0.507. The molecule has 2 aromatic rings. The van der Waals surface area contributed by atoms with Crippen LogP contribution in [0, 0.1) is 5.82 Å². The number of amides is 2. The molecule has 0 unspecified atom stereocenters. The SMILES string of the molecule is COc1ccc(C2=C(N3CCCCC3)C(=O)N(c3cccc(F)c3)C2=O)cc1OC. The summed E-state index contributed by atoms with van der Waals surface area (Å²) < 4.78 is 24.5. The Balaban J connectivity index is 1.85.